The Morgan fingerprint density at radius 2 is 2.00 bits per heavy atom. The summed E-state index contributed by atoms with van der Waals surface area (Å²) in [5.74, 6) is 0.969. The van der Waals surface area contributed by atoms with E-state index in [2.05, 4.69) is 10.1 Å². The molecular formula is C23H20Cl3N3O2S. The van der Waals surface area contributed by atoms with E-state index < -0.39 is 15.9 Å². The highest BCUT2D eigenvalue weighted by Gasteiger charge is 2.31. The van der Waals surface area contributed by atoms with Crippen molar-refractivity contribution in [3.8, 4) is 5.75 Å². The SMILES string of the molecule is O=S(Cc1ccc(Cl)cc1Cl)C(Cn1cncn1)C1=CCC(Cl)(Oc2ccccc2)C=C1. The van der Waals surface area contributed by atoms with Gasteiger partial charge >= 0.3 is 0 Å². The molecule has 1 aromatic heterocycles. The Bertz CT molecular complexity index is 1150. The van der Waals surface area contributed by atoms with E-state index in [1.165, 1.54) is 6.33 Å². The van der Waals surface area contributed by atoms with Gasteiger partial charge in [0.2, 0.25) is 5.06 Å². The van der Waals surface area contributed by atoms with Gasteiger partial charge in [0.1, 0.15) is 18.4 Å². The van der Waals surface area contributed by atoms with Crippen LogP contribution in [0.1, 0.15) is 12.0 Å². The Hall–Kier alpha value is -2.12. The number of halogens is 3. The van der Waals surface area contributed by atoms with E-state index in [4.69, 9.17) is 39.5 Å². The molecule has 0 N–H and O–H groups in total. The number of allylic oxidation sites excluding steroid dienone is 1. The first-order chi connectivity index (χ1) is 15.4. The minimum absolute atomic E-state index is 0.285. The second-order valence-electron chi connectivity index (χ2n) is 7.31. The average molecular weight is 509 g/mol. The number of nitrogens with zero attached hydrogens (tertiary/aromatic N) is 3. The van der Waals surface area contributed by atoms with Crippen LogP contribution in [0.3, 0.4) is 0 Å². The molecule has 1 heterocycles. The summed E-state index contributed by atoms with van der Waals surface area (Å²) in [7, 11) is -1.29. The summed E-state index contributed by atoms with van der Waals surface area (Å²) in [4.78, 5) is 4.00. The molecule has 0 radical (unpaired) electrons. The molecule has 0 saturated carbocycles. The van der Waals surface area contributed by atoms with Gasteiger partial charge in [0.25, 0.3) is 0 Å². The fraction of sp³-hybridized carbons (Fsp3) is 0.217. The molecule has 0 bridgehead atoms. The van der Waals surface area contributed by atoms with Crippen molar-refractivity contribution in [3.05, 3.63) is 101 Å². The van der Waals surface area contributed by atoms with E-state index in [-0.39, 0.29) is 11.0 Å². The molecule has 0 amide bonds. The molecule has 9 heteroatoms. The molecule has 1 aliphatic rings. The zero-order valence-electron chi connectivity index (χ0n) is 16.9. The van der Waals surface area contributed by atoms with Crippen LogP contribution < -0.4 is 4.74 Å². The smallest absolute Gasteiger partial charge is 0.205 e. The molecule has 166 valence electrons. The third-order valence-corrected chi connectivity index (χ3v) is 7.59. The predicted molar refractivity (Wildman–Crippen MR) is 130 cm³/mol. The van der Waals surface area contributed by atoms with Crippen LogP contribution in [-0.4, -0.2) is 29.3 Å². The van der Waals surface area contributed by atoms with Crippen molar-refractivity contribution >= 4 is 45.6 Å². The Kier molecular flexibility index (Phi) is 7.36. The second kappa shape index (κ2) is 10.2. The maximum atomic E-state index is 13.4. The lowest BCUT2D eigenvalue weighted by atomic mass is 10.0. The van der Waals surface area contributed by atoms with Crippen LogP contribution in [0.4, 0.5) is 0 Å². The van der Waals surface area contributed by atoms with E-state index in [1.54, 1.807) is 35.3 Å². The zero-order chi connectivity index (χ0) is 22.6. The van der Waals surface area contributed by atoms with Crippen LogP contribution in [0.25, 0.3) is 0 Å². The van der Waals surface area contributed by atoms with Gasteiger partial charge in [0, 0.05) is 27.3 Å². The third-order valence-electron chi connectivity index (χ3n) is 4.99. The standard InChI is InChI=1S/C23H20Cl3N3O2S/c24-19-7-6-18(21(25)12-19)14-32(30)22(13-29-16-27-15-28-29)17-8-10-23(26,11-9-17)31-20-4-2-1-3-5-20/h1-10,12,15-16,22H,11,13-14H2. The number of rotatable bonds is 8. The first kappa shape index (κ1) is 23.1. The summed E-state index contributed by atoms with van der Waals surface area (Å²) in [6.45, 7) is 0.406. The summed E-state index contributed by atoms with van der Waals surface area (Å²) in [5.41, 5.74) is 1.68. The molecule has 0 aliphatic heterocycles. The number of benzene rings is 2. The summed E-state index contributed by atoms with van der Waals surface area (Å²) in [6, 6.07) is 14.6. The van der Waals surface area contributed by atoms with E-state index in [1.807, 2.05) is 42.5 Å². The minimum atomic E-state index is -1.29. The number of hydrogen-bond donors (Lipinski definition) is 0. The van der Waals surface area contributed by atoms with Crippen LogP contribution in [0, 0.1) is 0 Å². The number of hydrogen-bond acceptors (Lipinski definition) is 4. The first-order valence-corrected chi connectivity index (χ1v) is 12.4. The lowest BCUT2D eigenvalue weighted by Crippen LogP contribution is -2.31. The predicted octanol–water partition coefficient (Wildman–Crippen LogP) is 5.80. The van der Waals surface area contributed by atoms with Gasteiger partial charge in [0.15, 0.2) is 0 Å². The molecule has 4 rings (SSSR count). The number of para-hydroxylation sites is 1. The Morgan fingerprint density at radius 3 is 2.66 bits per heavy atom. The highest BCUT2D eigenvalue weighted by atomic mass is 35.5. The van der Waals surface area contributed by atoms with Crippen molar-refractivity contribution < 1.29 is 8.95 Å². The van der Waals surface area contributed by atoms with E-state index in [0.717, 1.165) is 11.1 Å². The number of alkyl halides is 1. The molecule has 0 fully saturated rings. The maximum absolute atomic E-state index is 13.4. The van der Waals surface area contributed by atoms with Crippen molar-refractivity contribution in [3.63, 3.8) is 0 Å². The summed E-state index contributed by atoms with van der Waals surface area (Å²) in [6.07, 6.45) is 9.15. The van der Waals surface area contributed by atoms with Gasteiger partial charge in [-0.1, -0.05) is 71.2 Å². The highest BCUT2D eigenvalue weighted by Crippen LogP contribution is 2.33. The van der Waals surface area contributed by atoms with Crippen LogP contribution >= 0.6 is 34.8 Å². The molecule has 5 nitrogen and oxygen atoms in total. The topological polar surface area (TPSA) is 57.0 Å². The molecule has 3 atom stereocenters. The molecule has 3 unspecified atom stereocenters. The molecule has 2 aromatic carbocycles. The summed E-state index contributed by atoms with van der Waals surface area (Å²) in [5, 5.41) is 3.88. The molecule has 1 aliphatic carbocycles. The highest BCUT2D eigenvalue weighted by molar-refractivity contribution is 7.85. The Labute approximate surface area is 204 Å². The van der Waals surface area contributed by atoms with Crippen molar-refractivity contribution in [2.45, 2.75) is 29.0 Å². The third kappa shape index (κ3) is 5.81. The summed E-state index contributed by atoms with van der Waals surface area (Å²) >= 11 is 19.0. The van der Waals surface area contributed by atoms with Gasteiger partial charge in [-0.05, 0) is 41.5 Å². The van der Waals surface area contributed by atoms with Crippen molar-refractivity contribution in [2.75, 3.05) is 0 Å². The van der Waals surface area contributed by atoms with Gasteiger partial charge in [-0.15, -0.1) is 0 Å². The quantitative estimate of drug-likeness (QED) is 0.361. The molecule has 0 spiro atoms. The van der Waals surface area contributed by atoms with E-state index >= 15 is 0 Å². The van der Waals surface area contributed by atoms with Crippen LogP contribution in [-0.2, 0) is 23.1 Å². The molecule has 0 saturated heterocycles. The number of aromatic nitrogens is 3. The fourth-order valence-corrected chi connectivity index (χ4v) is 5.68. The normalized spacial score (nSPS) is 19.9. The molecule has 3 aromatic rings. The fourth-order valence-electron chi connectivity index (χ4n) is 3.34. The first-order valence-electron chi connectivity index (χ1n) is 9.88. The van der Waals surface area contributed by atoms with Gasteiger partial charge in [-0.25, -0.2) is 4.98 Å². The van der Waals surface area contributed by atoms with Crippen molar-refractivity contribution in [1.82, 2.24) is 14.8 Å². The van der Waals surface area contributed by atoms with Crippen LogP contribution in [0.5, 0.6) is 5.75 Å². The molecular weight excluding hydrogens is 489 g/mol. The van der Waals surface area contributed by atoms with Crippen LogP contribution in [0.15, 0.2) is 85.0 Å². The lowest BCUT2D eigenvalue weighted by molar-refractivity contribution is 0.209. The maximum Gasteiger partial charge on any atom is 0.205 e. The van der Waals surface area contributed by atoms with E-state index in [9.17, 15) is 4.21 Å². The largest absolute Gasteiger partial charge is 0.468 e. The van der Waals surface area contributed by atoms with Gasteiger partial charge in [0.05, 0.1) is 17.5 Å². The van der Waals surface area contributed by atoms with Gasteiger partial charge in [-0.3, -0.25) is 8.89 Å². The lowest BCUT2D eigenvalue weighted by Gasteiger charge is -2.29. The van der Waals surface area contributed by atoms with Gasteiger partial charge < -0.3 is 4.74 Å². The Balaban J connectivity index is 1.53. The minimum Gasteiger partial charge on any atom is -0.468 e. The summed E-state index contributed by atoms with van der Waals surface area (Å²) < 4.78 is 21.1. The van der Waals surface area contributed by atoms with E-state index in [0.29, 0.717) is 28.8 Å². The van der Waals surface area contributed by atoms with Crippen LogP contribution in [0.2, 0.25) is 10.0 Å². The molecule has 32 heavy (non-hydrogen) atoms. The average Bonchev–Trinajstić information content (AvgIpc) is 3.29. The monoisotopic (exact) mass is 507 g/mol. The zero-order valence-corrected chi connectivity index (χ0v) is 20.0. The number of ether oxygens (including phenoxy) is 1. The van der Waals surface area contributed by atoms with Crippen molar-refractivity contribution in [1.29, 1.82) is 0 Å². The van der Waals surface area contributed by atoms with Crippen molar-refractivity contribution in [2.24, 2.45) is 0 Å². The van der Waals surface area contributed by atoms with Gasteiger partial charge in [-0.2, -0.15) is 5.10 Å². The Morgan fingerprint density at radius 1 is 1.19 bits per heavy atom. The second-order valence-corrected chi connectivity index (χ2v) is 10.4.